The number of aromatic amines is 1. The van der Waals surface area contributed by atoms with Crippen LogP contribution in [0.25, 0.3) is 10.8 Å². The lowest BCUT2D eigenvalue weighted by molar-refractivity contribution is 0.0745. The lowest BCUT2D eigenvalue weighted by Crippen LogP contribution is -2.49. The molecule has 1 aliphatic rings. The maximum Gasteiger partial charge on any atom is 0.255 e. The first-order valence-electron chi connectivity index (χ1n) is 8.70. The number of H-pyrrole nitrogens is 1. The highest BCUT2D eigenvalue weighted by molar-refractivity contribution is 5.96. The summed E-state index contributed by atoms with van der Waals surface area (Å²) in [6.07, 6.45) is 3.77. The van der Waals surface area contributed by atoms with Gasteiger partial charge in [-0.05, 0) is 13.0 Å². The molecule has 1 N–H and O–H groups in total. The van der Waals surface area contributed by atoms with Crippen LogP contribution in [0, 0.1) is 6.92 Å². The number of carbonyl (C=O) groups is 1. The van der Waals surface area contributed by atoms with Crippen molar-refractivity contribution in [3.8, 4) is 0 Å². The Kier molecular flexibility index (Phi) is 4.16. The number of piperazine rings is 1. The van der Waals surface area contributed by atoms with Crippen LogP contribution in [0.15, 0.2) is 53.6 Å². The number of aromatic nitrogens is 2. The summed E-state index contributed by atoms with van der Waals surface area (Å²) in [4.78, 5) is 35.3. The van der Waals surface area contributed by atoms with Gasteiger partial charge in [-0.25, -0.2) is 0 Å². The van der Waals surface area contributed by atoms with Crippen LogP contribution < -0.4 is 10.5 Å². The van der Waals surface area contributed by atoms with Gasteiger partial charge in [-0.2, -0.15) is 0 Å². The molecule has 6 heteroatoms. The number of carbonyl (C=O) groups excluding carboxylic acids is 1. The van der Waals surface area contributed by atoms with E-state index in [2.05, 4.69) is 27.0 Å². The lowest BCUT2D eigenvalue weighted by Gasteiger charge is -2.36. The Balaban J connectivity index is 1.52. The van der Waals surface area contributed by atoms with Crippen molar-refractivity contribution in [2.75, 3.05) is 31.1 Å². The van der Waals surface area contributed by atoms with E-state index < -0.39 is 0 Å². The highest BCUT2D eigenvalue weighted by Crippen LogP contribution is 2.26. The predicted octanol–water partition coefficient (Wildman–Crippen LogP) is 2.19. The fourth-order valence-corrected chi connectivity index (χ4v) is 3.48. The smallest absolute Gasteiger partial charge is 0.255 e. The van der Waals surface area contributed by atoms with Crippen molar-refractivity contribution < 1.29 is 4.79 Å². The molecule has 3 aromatic rings. The number of hydrogen-bond donors (Lipinski definition) is 1. The van der Waals surface area contributed by atoms with Crippen LogP contribution in [-0.4, -0.2) is 47.0 Å². The number of amides is 1. The van der Waals surface area contributed by atoms with Gasteiger partial charge in [-0.15, -0.1) is 0 Å². The van der Waals surface area contributed by atoms with Crippen molar-refractivity contribution in [2.24, 2.45) is 0 Å². The molecule has 1 fully saturated rings. The second kappa shape index (κ2) is 6.63. The van der Waals surface area contributed by atoms with Crippen LogP contribution >= 0.6 is 0 Å². The Morgan fingerprint density at radius 3 is 2.58 bits per heavy atom. The standard InChI is InChI=1S/C20H20N4O2/c1-14-16(6-7-19(25)22-14)20(26)24-10-8-23(9-11-24)18-13-21-12-15-4-2-3-5-17(15)18/h2-7,12-13H,8-11H2,1H3,(H,22,25). The fourth-order valence-electron chi connectivity index (χ4n) is 3.48. The molecule has 0 atom stereocenters. The zero-order valence-corrected chi connectivity index (χ0v) is 14.6. The van der Waals surface area contributed by atoms with E-state index in [-0.39, 0.29) is 11.5 Å². The second-order valence-electron chi connectivity index (χ2n) is 6.52. The number of anilines is 1. The molecular weight excluding hydrogens is 328 g/mol. The third-order valence-electron chi connectivity index (χ3n) is 4.90. The molecule has 1 amide bonds. The van der Waals surface area contributed by atoms with Gasteiger partial charge in [0, 0.05) is 54.9 Å². The largest absolute Gasteiger partial charge is 0.366 e. The first kappa shape index (κ1) is 16.3. The molecule has 26 heavy (non-hydrogen) atoms. The van der Waals surface area contributed by atoms with Gasteiger partial charge in [0.1, 0.15) is 0 Å². The maximum absolute atomic E-state index is 12.8. The molecule has 3 heterocycles. The van der Waals surface area contributed by atoms with E-state index in [1.165, 1.54) is 11.5 Å². The first-order valence-corrected chi connectivity index (χ1v) is 8.70. The zero-order valence-electron chi connectivity index (χ0n) is 14.6. The Hall–Kier alpha value is -3.15. The molecule has 2 aromatic heterocycles. The van der Waals surface area contributed by atoms with E-state index in [9.17, 15) is 9.59 Å². The van der Waals surface area contributed by atoms with E-state index in [0.29, 0.717) is 24.3 Å². The van der Waals surface area contributed by atoms with E-state index >= 15 is 0 Å². The number of hydrogen-bond acceptors (Lipinski definition) is 4. The van der Waals surface area contributed by atoms with E-state index in [1.54, 1.807) is 13.0 Å². The van der Waals surface area contributed by atoms with Crippen molar-refractivity contribution in [3.05, 3.63) is 70.4 Å². The molecule has 4 rings (SSSR count). The molecule has 0 saturated carbocycles. The quantitative estimate of drug-likeness (QED) is 0.771. The molecule has 0 radical (unpaired) electrons. The number of pyridine rings is 2. The molecule has 1 aromatic carbocycles. The number of aryl methyl sites for hydroxylation is 1. The van der Waals surface area contributed by atoms with Crippen LogP contribution in [0.1, 0.15) is 16.1 Å². The third kappa shape index (κ3) is 2.94. The van der Waals surface area contributed by atoms with Crippen molar-refractivity contribution >= 4 is 22.4 Å². The summed E-state index contributed by atoms with van der Waals surface area (Å²) in [5.41, 5.74) is 2.09. The van der Waals surface area contributed by atoms with Gasteiger partial charge in [0.05, 0.1) is 17.4 Å². The molecular formula is C20H20N4O2. The summed E-state index contributed by atoms with van der Waals surface area (Å²) < 4.78 is 0. The Bertz CT molecular complexity index is 1010. The highest BCUT2D eigenvalue weighted by Gasteiger charge is 2.24. The average Bonchev–Trinajstić information content (AvgIpc) is 2.67. The third-order valence-corrected chi connectivity index (χ3v) is 4.90. The number of nitrogens with zero attached hydrogens (tertiary/aromatic N) is 3. The van der Waals surface area contributed by atoms with E-state index in [0.717, 1.165) is 24.2 Å². The molecule has 0 bridgehead atoms. The Morgan fingerprint density at radius 1 is 1.04 bits per heavy atom. The van der Waals surface area contributed by atoms with Gasteiger partial charge >= 0.3 is 0 Å². The van der Waals surface area contributed by atoms with Crippen molar-refractivity contribution in [1.29, 1.82) is 0 Å². The summed E-state index contributed by atoms with van der Waals surface area (Å²) in [5, 5.41) is 2.30. The Labute approximate surface area is 151 Å². The SMILES string of the molecule is Cc1[nH]c(=O)ccc1C(=O)N1CCN(c2cncc3ccccc23)CC1. The van der Waals surface area contributed by atoms with E-state index in [1.807, 2.05) is 29.4 Å². The van der Waals surface area contributed by atoms with Crippen molar-refractivity contribution in [2.45, 2.75) is 6.92 Å². The monoisotopic (exact) mass is 348 g/mol. The van der Waals surface area contributed by atoms with Crippen LogP contribution in [0.4, 0.5) is 5.69 Å². The highest BCUT2D eigenvalue weighted by atomic mass is 16.2. The topological polar surface area (TPSA) is 69.3 Å². The number of fused-ring (bicyclic) bond motifs is 1. The van der Waals surface area contributed by atoms with Gasteiger partial charge in [-0.3, -0.25) is 14.6 Å². The van der Waals surface area contributed by atoms with Gasteiger partial charge in [-0.1, -0.05) is 24.3 Å². The summed E-state index contributed by atoms with van der Waals surface area (Å²) in [6.45, 7) is 4.54. The van der Waals surface area contributed by atoms with Crippen LogP contribution in [0.3, 0.4) is 0 Å². The van der Waals surface area contributed by atoms with Gasteiger partial charge in [0.15, 0.2) is 0 Å². The average molecular weight is 348 g/mol. The van der Waals surface area contributed by atoms with Crippen molar-refractivity contribution in [1.82, 2.24) is 14.9 Å². The van der Waals surface area contributed by atoms with Crippen LogP contribution in [0.2, 0.25) is 0 Å². The van der Waals surface area contributed by atoms with Gasteiger partial charge in [0.25, 0.3) is 5.91 Å². The summed E-state index contributed by atoms with van der Waals surface area (Å²) in [6, 6.07) is 11.2. The van der Waals surface area contributed by atoms with Gasteiger partial charge in [0.2, 0.25) is 5.56 Å². The minimum atomic E-state index is -0.188. The second-order valence-corrected chi connectivity index (χ2v) is 6.52. The zero-order chi connectivity index (χ0) is 18.1. The predicted molar refractivity (Wildman–Crippen MR) is 102 cm³/mol. The van der Waals surface area contributed by atoms with Gasteiger partial charge < -0.3 is 14.8 Å². The van der Waals surface area contributed by atoms with Crippen LogP contribution in [0.5, 0.6) is 0 Å². The summed E-state index contributed by atoms with van der Waals surface area (Å²) in [7, 11) is 0. The van der Waals surface area contributed by atoms with Crippen molar-refractivity contribution in [3.63, 3.8) is 0 Å². The minimum Gasteiger partial charge on any atom is -0.366 e. The number of rotatable bonds is 2. The lowest BCUT2D eigenvalue weighted by atomic mass is 10.1. The molecule has 0 unspecified atom stereocenters. The fraction of sp³-hybridized carbons (Fsp3) is 0.250. The molecule has 6 nitrogen and oxygen atoms in total. The number of benzene rings is 1. The normalized spacial score (nSPS) is 14.7. The Morgan fingerprint density at radius 2 is 1.81 bits per heavy atom. The maximum atomic E-state index is 12.8. The molecule has 0 aliphatic carbocycles. The van der Waals surface area contributed by atoms with Crippen LogP contribution in [-0.2, 0) is 0 Å². The summed E-state index contributed by atoms with van der Waals surface area (Å²) in [5.74, 6) is -0.0329. The van der Waals surface area contributed by atoms with E-state index in [4.69, 9.17) is 0 Å². The number of nitrogens with one attached hydrogen (secondary N) is 1. The first-order chi connectivity index (χ1) is 12.6. The summed E-state index contributed by atoms with van der Waals surface area (Å²) >= 11 is 0. The molecule has 132 valence electrons. The molecule has 1 aliphatic heterocycles. The minimum absolute atomic E-state index is 0.0329. The molecule has 1 saturated heterocycles. The molecule has 0 spiro atoms.